The van der Waals surface area contributed by atoms with E-state index < -0.39 is 11.7 Å². The summed E-state index contributed by atoms with van der Waals surface area (Å²) in [5, 5.41) is 5.94. The minimum Gasteiger partial charge on any atom is -0.354 e. The van der Waals surface area contributed by atoms with E-state index in [1.54, 1.807) is 0 Å². The number of hydrogen-bond acceptors (Lipinski definition) is 6. The predicted molar refractivity (Wildman–Crippen MR) is 76.4 cm³/mol. The first-order valence-electron chi connectivity index (χ1n) is 6.77. The van der Waals surface area contributed by atoms with Crippen molar-refractivity contribution in [1.29, 1.82) is 0 Å². The Morgan fingerprint density at radius 2 is 2.24 bits per heavy atom. The van der Waals surface area contributed by atoms with Gasteiger partial charge in [-0.1, -0.05) is 11.6 Å². The number of nitrogens with one attached hydrogen (secondary N) is 1. The van der Waals surface area contributed by atoms with Crippen molar-refractivity contribution < 1.29 is 18.9 Å². The molecular formula is C14H14N2O4S. The van der Waals surface area contributed by atoms with E-state index in [0.717, 1.165) is 5.75 Å². The van der Waals surface area contributed by atoms with Gasteiger partial charge >= 0.3 is 0 Å². The number of aromatic nitrogens is 1. The van der Waals surface area contributed by atoms with Crippen molar-refractivity contribution >= 4 is 29.2 Å². The van der Waals surface area contributed by atoms with Gasteiger partial charge in [-0.25, -0.2) is 0 Å². The van der Waals surface area contributed by atoms with Crippen molar-refractivity contribution in [3.63, 3.8) is 0 Å². The molecule has 1 fully saturated rings. The number of rotatable bonds is 4. The summed E-state index contributed by atoms with van der Waals surface area (Å²) in [5.74, 6) is -0.0166. The van der Waals surface area contributed by atoms with Crippen LogP contribution in [0.5, 0.6) is 0 Å². The van der Waals surface area contributed by atoms with E-state index in [-0.39, 0.29) is 22.8 Å². The Morgan fingerprint density at radius 1 is 1.48 bits per heavy atom. The number of Topliss-reactive ketones (excluding diaryl/α,β-unsaturated/α-hetero) is 1. The second-order valence-electron chi connectivity index (χ2n) is 5.12. The summed E-state index contributed by atoms with van der Waals surface area (Å²) in [7, 11) is 1.43. The molecule has 1 aromatic heterocycles. The highest BCUT2D eigenvalue weighted by molar-refractivity contribution is 8.04. The molecule has 7 heteroatoms. The average molecular weight is 306 g/mol. The molecule has 0 atom stereocenters. The highest BCUT2D eigenvalue weighted by Gasteiger charge is 2.36. The lowest BCUT2D eigenvalue weighted by molar-refractivity contribution is 0.0944. The third kappa shape index (κ3) is 2.42. The number of hydrogen-bond donors (Lipinski definition) is 1. The second-order valence-corrected chi connectivity index (χ2v) is 6.19. The van der Waals surface area contributed by atoms with Crippen molar-refractivity contribution in [2.75, 3.05) is 12.8 Å². The summed E-state index contributed by atoms with van der Waals surface area (Å²) in [4.78, 5) is 36.5. The summed E-state index contributed by atoms with van der Waals surface area (Å²) in [5.41, 5.74) is -0.140. The van der Waals surface area contributed by atoms with Gasteiger partial charge in [0.05, 0.1) is 4.91 Å². The molecular weight excluding hydrogens is 292 g/mol. The molecule has 1 N–H and O–H groups in total. The zero-order valence-corrected chi connectivity index (χ0v) is 12.3. The fourth-order valence-electron chi connectivity index (χ4n) is 2.29. The van der Waals surface area contributed by atoms with Gasteiger partial charge in [-0.3, -0.25) is 14.4 Å². The fourth-order valence-corrected chi connectivity index (χ4v) is 3.46. The molecule has 110 valence electrons. The third-order valence-corrected chi connectivity index (χ3v) is 5.02. The lowest BCUT2D eigenvalue weighted by Gasteiger charge is -2.25. The zero-order valence-electron chi connectivity index (χ0n) is 11.5. The van der Waals surface area contributed by atoms with Gasteiger partial charge in [0.15, 0.2) is 5.69 Å². The Morgan fingerprint density at radius 3 is 2.86 bits per heavy atom. The summed E-state index contributed by atoms with van der Waals surface area (Å²) < 4.78 is 4.86. The Kier molecular flexibility index (Phi) is 3.67. The molecule has 2 aliphatic carbocycles. The Balaban J connectivity index is 1.86. The molecule has 2 aliphatic rings. The van der Waals surface area contributed by atoms with Crippen molar-refractivity contribution in [2.45, 2.75) is 19.3 Å². The van der Waals surface area contributed by atoms with E-state index in [0.29, 0.717) is 10.8 Å². The molecule has 6 nitrogen and oxygen atoms in total. The van der Waals surface area contributed by atoms with Crippen molar-refractivity contribution in [3.05, 3.63) is 28.0 Å². The molecule has 0 aromatic carbocycles. The number of amides is 1. The van der Waals surface area contributed by atoms with Crippen LogP contribution in [0.25, 0.3) is 0 Å². The van der Waals surface area contributed by atoms with Gasteiger partial charge < -0.3 is 9.84 Å². The van der Waals surface area contributed by atoms with Crippen LogP contribution >= 0.6 is 11.8 Å². The molecule has 21 heavy (non-hydrogen) atoms. The quantitative estimate of drug-likeness (QED) is 0.913. The molecule has 0 aliphatic heterocycles. The van der Waals surface area contributed by atoms with Crippen LogP contribution in [-0.4, -0.2) is 35.4 Å². The second kappa shape index (κ2) is 5.48. The monoisotopic (exact) mass is 306 g/mol. The maximum absolute atomic E-state index is 12.5. The van der Waals surface area contributed by atoms with Gasteiger partial charge in [-0.2, -0.15) is 0 Å². The molecule has 0 spiro atoms. The number of carbonyl (C=O) groups is 3. The lowest BCUT2D eigenvalue weighted by atomic mass is 9.87. The van der Waals surface area contributed by atoms with Crippen LogP contribution in [0, 0.1) is 5.92 Å². The van der Waals surface area contributed by atoms with Crippen LogP contribution < -0.4 is 5.32 Å². The van der Waals surface area contributed by atoms with Gasteiger partial charge in [0.25, 0.3) is 5.91 Å². The lowest BCUT2D eigenvalue weighted by Crippen LogP contribution is -2.24. The number of allylic oxidation sites excluding steroid dienone is 2. The summed E-state index contributed by atoms with van der Waals surface area (Å²) in [6.45, 7) is 0. The minimum absolute atomic E-state index is 0.0158. The van der Waals surface area contributed by atoms with E-state index >= 15 is 0 Å². The van der Waals surface area contributed by atoms with Crippen LogP contribution in [0.4, 0.5) is 0 Å². The molecule has 0 bridgehead atoms. The number of ketones is 2. The first kappa shape index (κ1) is 14.1. The number of thioether (sulfide) groups is 1. The molecule has 1 aromatic rings. The van der Waals surface area contributed by atoms with E-state index in [4.69, 9.17) is 4.52 Å². The van der Waals surface area contributed by atoms with E-state index in [1.165, 1.54) is 44.1 Å². The van der Waals surface area contributed by atoms with E-state index in [1.807, 2.05) is 0 Å². The zero-order chi connectivity index (χ0) is 15.0. The first-order chi connectivity index (χ1) is 10.1. The Bertz CT molecular complexity index is 658. The number of carbonyl (C=O) groups excluding carboxylic acids is 3. The van der Waals surface area contributed by atoms with Gasteiger partial charge in [0.2, 0.25) is 17.3 Å². The number of fused-ring (bicyclic) bond motifs is 1. The molecule has 0 unspecified atom stereocenters. The maximum atomic E-state index is 12.5. The highest BCUT2D eigenvalue weighted by atomic mass is 32.2. The van der Waals surface area contributed by atoms with Crippen molar-refractivity contribution in [2.24, 2.45) is 5.92 Å². The smallest absolute Gasteiger partial charge is 0.274 e. The van der Waals surface area contributed by atoms with Crippen LogP contribution in [0.1, 0.15) is 50.7 Å². The average Bonchev–Trinajstić information content (AvgIpc) is 2.87. The van der Waals surface area contributed by atoms with Gasteiger partial charge in [0, 0.05) is 18.9 Å². The Labute approximate surface area is 125 Å². The van der Waals surface area contributed by atoms with Crippen molar-refractivity contribution in [3.8, 4) is 0 Å². The summed E-state index contributed by atoms with van der Waals surface area (Å²) >= 11 is 1.38. The largest absolute Gasteiger partial charge is 0.354 e. The van der Waals surface area contributed by atoms with E-state index in [2.05, 4.69) is 10.5 Å². The summed E-state index contributed by atoms with van der Waals surface area (Å²) in [6, 6.07) is 0. The van der Waals surface area contributed by atoms with Gasteiger partial charge in [-0.15, -0.1) is 11.8 Å². The third-order valence-electron chi connectivity index (χ3n) is 3.77. The molecule has 0 radical (unpaired) electrons. The topological polar surface area (TPSA) is 89.3 Å². The molecule has 1 amide bonds. The predicted octanol–water partition coefficient (Wildman–Crippen LogP) is 1.83. The van der Waals surface area contributed by atoms with Gasteiger partial charge in [0.1, 0.15) is 5.56 Å². The molecule has 1 heterocycles. The van der Waals surface area contributed by atoms with Crippen LogP contribution in [0.15, 0.2) is 15.5 Å². The summed E-state index contributed by atoms with van der Waals surface area (Å²) in [6.07, 6.45) is 4.86. The Hall–Kier alpha value is -1.89. The molecule has 3 rings (SSSR count). The number of nitrogens with zero attached hydrogens (tertiary/aromatic N) is 1. The van der Waals surface area contributed by atoms with Crippen LogP contribution in [0.3, 0.4) is 0 Å². The first-order valence-corrected chi connectivity index (χ1v) is 7.75. The standard InChI is InChI=1S/C14H14N2O4S/c1-15-14(19)11-10-12(18)9(21-6-7-3-2-4-7)5-8(17)13(10)20-16-11/h5,7H,2-4,6H2,1H3,(H,15,19). The minimum atomic E-state index is -0.536. The SMILES string of the molecule is CNC(=O)c1noc2c1C(=O)C(SCC1CCC1)=CC2=O. The fraction of sp³-hybridized carbons (Fsp3) is 0.429. The normalized spacial score (nSPS) is 18.0. The maximum Gasteiger partial charge on any atom is 0.274 e. The van der Waals surface area contributed by atoms with Crippen molar-refractivity contribution in [1.82, 2.24) is 10.5 Å². The molecule has 0 saturated heterocycles. The van der Waals surface area contributed by atoms with E-state index in [9.17, 15) is 14.4 Å². The molecule has 1 saturated carbocycles. The van der Waals surface area contributed by atoms with Gasteiger partial charge in [-0.05, 0) is 18.8 Å². The van der Waals surface area contributed by atoms with Crippen LogP contribution in [-0.2, 0) is 0 Å². The van der Waals surface area contributed by atoms with Crippen LogP contribution in [0.2, 0.25) is 0 Å². The highest BCUT2D eigenvalue weighted by Crippen LogP contribution is 2.35.